The molecule has 1 aromatic carbocycles. The van der Waals surface area contributed by atoms with Crippen molar-refractivity contribution in [3.63, 3.8) is 0 Å². The van der Waals surface area contributed by atoms with Gasteiger partial charge in [0, 0.05) is 12.6 Å². The number of nitrogens with zero attached hydrogens (tertiary/aromatic N) is 1. The van der Waals surface area contributed by atoms with Gasteiger partial charge in [0.15, 0.2) is 0 Å². The van der Waals surface area contributed by atoms with Gasteiger partial charge >= 0.3 is 0 Å². The van der Waals surface area contributed by atoms with Gasteiger partial charge in [0.05, 0.1) is 6.26 Å². The van der Waals surface area contributed by atoms with Crippen LogP contribution in [0.2, 0.25) is 0 Å². The van der Waals surface area contributed by atoms with Gasteiger partial charge in [0.25, 0.3) is 0 Å². The molecular formula is C12H17NO2S. The summed E-state index contributed by atoms with van der Waals surface area (Å²) in [5.41, 5.74) is 2.42. The third kappa shape index (κ3) is 2.13. The Bertz CT molecular complexity index is 482. The summed E-state index contributed by atoms with van der Waals surface area (Å²) < 4.78 is 25.0. The summed E-state index contributed by atoms with van der Waals surface area (Å²) in [7, 11) is -3.10. The maximum absolute atomic E-state index is 11.7. The highest BCUT2D eigenvalue weighted by molar-refractivity contribution is 7.88. The van der Waals surface area contributed by atoms with Gasteiger partial charge in [-0.3, -0.25) is 0 Å². The molecule has 0 aliphatic carbocycles. The van der Waals surface area contributed by atoms with Crippen molar-refractivity contribution in [2.45, 2.75) is 32.4 Å². The van der Waals surface area contributed by atoms with E-state index < -0.39 is 10.0 Å². The van der Waals surface area contributed by atoms with Gasteiger partial charge in [-0.1, -0.05) is 31.2 Å². The number of hydrogen-bond acceptors (Lipinski definition) is 2. The predicted molar refractivity (Wildman–Crippen MR) is 64.6 cm³/mol. The molecule has 88 valence electrons. The summed E-state index contributed by atoms with van der Waals surface area (Å²) in [6, 6.07) is 8.20. The second-order valence-corrected chi connectivity index (χ2v) is 6.28. The molecule has 0 saturated heterocycles. The van der Waals surface area contributed by atoms with Crippen LogP contribution in [0.1, 0.15) is 24.5 Å². The molecule has 0 radical (unpaired) electrons. The van der Waals surface area contributed by atoms with E-state index in [1.165, 1.54) is 11.8 Å². The molecule has 3 nitrogen and oxygen atoms in total. The van der Waals surface area contributed by atoms with Crippen molar-refractivity contribution in [3.05, 3.63) is 35.4 Å². The molecule has 4 heteroatoms. The van der Waals surface area contributed by atoms with E-state index in [1.54, 1.807) is 4.31 Å². The van der Waals surface area contributed by atoms with Gasteiger partial charge in [-0.2, -0.15) is 4.31 Å². The van der Waals surface area contributed by atoms with Gasteiger partial charge in [-0.15, -0.1) is 0 Å². The fourth-order valence-corrected chi connectivity index (χ4v) is 3.44. The van der Waals surface area contributed by atoms with Gasteiger partial charge in [-0.25, -0.2) is 8.42 Å². The lowest BCUT2D eigenvalue weighted by Gasteiger charge is -2.34. The van der Waals surface area contributed by atoms with Crippen LogP contribution in [-0.4, -0.2) is 25.0 Å². The Morgan fingerprint density at radius 2 is 1.94 bits per heavy atom. The first-order valence-electron chi connectivity index (χ1n) is 5.56. The summed E-state index contributed by atoms with van der Waals surface area (Å²) in [6.45, 7) is 2.56. The average Bonchev–Trinajstić information content (AvgIpc) is 2.26. The first kappa shape index (κ1) is 11.6. The molecule has 0 N–H and O–H groups in total. The van der Waals surface area contributed by atoms with E-state index in [-0.39, 0.29) is 6.04 Å². The average molecular weight is 239 g/mol. The monoisotopic (exact) mass is 239 g/mol. The second-order valence-electron chi connectivity index (χ2n) is 4.34. The first-order chi connectivity index (χ1) is 7.52. The summed E-state index contributed by atoms with van der Waals surface area (Å²) in [5, 5.41) is 0. The standard InChI is InChI=1S/C12H17NO2S/c1-3-12-8-10-6-4-5-7-11(10)9-13(12)16(2,14)15/h4-7,12H,3,8-9H2,1-2H3/t12-/m0/s1. The van der Waals surface area contributed by atoms with Crippen molar-refractivity contribution in [2.24, 2.45) is 0 Å². The molecular weight excluding hydrogens is 222 g/mol. The van der Waals surface area contributed by atoms with Crippen LogP contribution in [0.25, 0.3) is 0 Å². The minimum absolute atomic E-state index is 0.116. The third-order valence-electron chi connectivity index (χ3n) is 3.20. The van der Waals surface area contributed by atoms with E-state index in [2.05, 4.69) is 6.07 Å². The van der Waals surface area contributed by atoms with Crippen LogP contribution in [0.15, 0.2) is 24.3 Å². The Hall–Kier alpha value is -0.870. The number of sulfonamides is 1. The molecule has 1 aliphatic rings. The molecule has 0 bridgehead atoms. The van der Waals surface area contributed by atoms with Crippen molar-refractivity contribution in [1.82, 2.24) is 4.31 Å². The normalized spacial score (nSPS) is 21.8. The maximum atomic E-state index is 11.7. The zero-order valence-electron chi connectivity index (χ0n) is 9.68. The van der Waals surface area contributed by atoms with Crippen molar-refractivity contribution >= 4 is 10.0 Å². The molecule has 16 heavy (non-hydrogen) atoms. The quantitative estimate of drug-likeness (QED) is 0.789. The van der Waals surface area contributed by atoms with Crippen LogP contribution in [0, 0.1) is 0 Å². The summed E-state index contributed by atoms with van der Waals surface area (Å²) in [5.74, 6) is 0. The topological polar surface area (TPSA) is 37.4 Å². The molecule has 0 unspecified atom stereocenters. The lowest BCUT2D eigenvalue weighted by Crippen LogP contribution is -2.43. The van der Waals surface area contributed by atoms with Crippen LogP contribution < -0.4 is 0 Å². The fraction of sp³-hybridized carbons (Fsp3) is 0.500. The molecule has 1 aromatic rings. The molecule has 1 atom stereocenters. The lowest BCUT2D eigenvalue weighted by atomic mass is 9.95. The molecule has 2 rings (SSSR count). The van der Waals surface area contributed by atoms with E-state index in [0.717, 1.165) is 18.4 Å². The third-order valence-corrected chi connectivity index (χ3v) is 4.48. The molecule has 1 heterocycles. The zero-order chi connectivity index (χ0) is 11.8. The van der Waals surface area contributed by atoms with Crippen LogP contribution in [-0.2, 0) is 23.0 Å². The minimum atomic E-state index is -3.10. The minimum Gasteiger partial charge on any atom is -0.212 e. The number of rotatable bonds is 2. The zero-order valence-corrected chi connectivity index (χ0v) is 10.5. The first-order valence-corrected chi connectivity index (χ1v) is 7.40. The van der Waals surface area contributed by atoms with Gasteiger partial charge in [0.1, 0.15) is 0 Å². The molecule has 0 aromatic heterocycles. The fourth-order valence-electron chi connectivity index (χ4n) is 2.30. The van der Waals surface area contributed by atoms with Crippen LogP contribution in [0.4, 0.5) is 0 Å². The van der Waals surface area contributed by atoms with Crippen LogP contribution >= 0.6 is 0 Å². The van der Waals surface area contributed by atoms with Gasteiger partial charge in [-0.05, 0) is 24.0 Å². The van der Waals surface area contributed by atoms with Crippen LogP contribution in [0.3, 0.4) is 0 Å². The highest BCUT2D eigenvalue weighted by atomic mass is 32.2. The Morgan fingerprint density at radius 3 is 2.50 bits per heavy atom. The summed E-state index contributed by atoms with van der Waals surface area (Å²) in [6.07, 6.45) is 2.99. The predicted octanol–water partition coefficient (Wildman–Crippen LogP) is 1.78. The van der Waals surface area contributed by atoms with Crippen LogP contribution in [0.5, 0.6) is 0 Å². The smallest absolute Gasteiger partial charge is 0.211 e. The van der Waals surface area contributed by atoms with E-state index in [4.69, 9.17) is 0 Å². The Kier molecular flexibility index (Phi) is 3.04. The van der Waals surface area contributed by atoms with Crippen molar-refractivity contribution in [1.29, 1.82) is 0 Å². The summed E-state index contributed by atoms with van der Waals surface area (Å²) >= 11 is 0. The van der Waals surface area contributed by atoms with Crippen molar-refractivity contribution < 1.29 is 8.42 Å². The Morgan fingerprint density at radius 1 is 1.31 bits per heavy atom. The number of hydrogen-bond donors (Lipinski definition) is 0. The summed E-state index contributed by atoms with van der Waals surface area (Å²) in [4.78, 5) is 0. The molecule has 1 aliphatic heterocycles. The molecule has 0 fully saturated rings. The van der Waals surface area contributed by atoms with Gasteiger partial charge < -0.3 is 0 Å². The molecule has 0 amide bonds. The SMILES string of the molecule is CC[C@H]1Cc2ccccc2CN1S(C)(=O)=O. The van der Waals surface area contributed by atoms with Crippen molar-refractivity contribution in [3.8, 4) is 0 Å². The molecule has 0 spiro atoms. The Balaban J connectivity index is 2.38. The van der Waals surface area contributed by atoms with E-state index in [9.17, 15) is 8.42 Å². The highest BCUT2D eigenvalue weighted by Gasteiger charge is 2.30. The second kappa shape index (κ2) is 4.18. The Labute approximate surface area is 97.1 Å². The van der Waals surface area contributed by atoms with E-state index >= 15 is 0 Å². The molecule has 0 saturated carbocycles. The lowest BCUT2D eigenvalue weighted by molar-refractivity contribution is 0.286. The van der Waals surface area contributed by atoms with E-state index in [1.807, 2.05) is 25.1 Å². The number of fused-ring (bicyclic) bond motifs is 1. The maximum Gasteiger partial charge on any atom is 0.211 e. The van der Waals surface area contributed by atoms with Crippen molar-refractivity contribution in [2.75, 3.05) is 6.26 Å². The van der Waals surface area contributed by atoms with E-state index in [0.29, 0.717) is 6.54 Å². The highest BCUT2D eigenvalue weighted by Crippen LogP contribution is 2.26. The number of benzene rings is 1. The largest absolute Gasteiger partial charge is 0.212 e. The van der Waals surface area contributed by atoms with Gasteiger partial charge in [0.2, 0.25) is 10.0 Å².